The molecule has 3 aromatic rings. The molecule has 0 spiro atoms. The quantitative estimate of drug-likeness (QED) is 0.308. The Morgan fingerprint density at radius 1 is 1.10 bits per heavy atom. The molecule has 2 aromatic carbocycles. The molecule has 3 unspecified atom stereocenters. The number of thioether (sulfide) groups is 1. The fourth-order valence-electron chi connectivity index (χ4n) is 4.79. The lowest BCUT2D eigenvalue weighted by Crippen LogP contribution is -2.58. The van der Waals surface area contributed by atoms with Gasteiger partial charge in [0.1, 0.15) is 11.2 Å². The highest BCUT2D eigenvalue weighted by Gasteiger charge is 2.49. The predicted octanol–water partition coefficient (Wildman–Crippen LogP) is 4.40. The second-order valence-corrected chi connectivity index (χ2v) is 12.7. The zero-order valence-corrected chi connectivity index (χ0v) is 25.3. The predicted molar refractivity (Wildman–Crippen MR) is 162 cm³/mol. The number of halogens is 2. The number of hydrogen-bond donors (Lipinski definition) is 3. The molecule has 2 heterocycles. The number of pyridine rings is 1. The standard InChI is InChI=1S/C30H32Cl2N4O4S/c1-18-9-7-8-12-20(18)16-34-28(39)25-30(2,3)41-17-36(25)29(40)24(37)22(15-19-10-5-4-6-11-19)35-27(38)21-13-14-33-26(32)23(21)31/h4-14,22,24-25,37H,15-17H2,1-3H3,(H,34,39)(H,35,38). The van der Waals surface area contributed by atoms with Crippen molar-refractivity contribution in [3.8, 4) is 0 Å². The van der Waals surface area contributed by atoms with Crippen molar-refractivity contribution in [3.63, 3.8) is 0 Å². The van der Waals surface area contributed by atoms with Gasteiger partial charge < -0.3 is 20.6 Å². The SMILES string of the molecule is Cc1ccccc1CNC(=O)C1N(C(=O)C(O)C(Cc2ccccc2)NC(=O)c2ccnc(Cl)c2Cl)CSC1(C)C. The zero-order valence-electron chi connectivity index (χ0n) is 22.9. The molecule has 1 fully saturated rings. The molecule has 3 N–H and O–H groups in total. The van der Waals surface area contributed by atoms with Gasteiger partial charge in [-0.3, -0.25) is 14.4 Å². The van der Waals surface area contributed by atoms with E-state index in [4.69, 9.17) is 23.2 Å². The summed E-state index contributed by atoms with van der Waals surface area (Å²) in [7, 11) is 0. The van der Waals surface area contributed by atoms with Crippen LogP contribution in [0, 0.1) is 6.92 Å². The van der Waals surface area contributed by atoms with Crippen LogP contribution in [0.3, 0.4) is 0 Å². The number of aromatic nitrogens is 1. The first-order valence-corrected chi connectivity index (χ1v) is 14.8. The molecule has 3 amide bonds. The Bertz CT molecular complexity index is 1420. The number of nitrogens with zero attached hydrogens (tertiary/aromatic N) is 2. The van der Waals surface area contributed by atoms with Crippen molar-refractivity contribution in [3.05, 3.63) is 99.3 Å². The van der Waals surface area contributed by atoms with Gasteiger partial charge in [-0.05, 0) is 49.9 Å². The van der Waals surface area contributed by atoms with E-state index in [2.05, 4.69) is 15.6 Å². The maximum Gasteiger partial charge on any atom is 0.254 e. The Balaban J connectivity index is 1.56. The van der Waals surface area contributed by atoms with Gasteiger partial charge in [-0.25, -0.2) is 4.98 Å². The molecule has 1 saturated heterocycles. The minimum atomic E-state index is -1.64. The van der Waals surface area contributed by atoms with E-state index in [0.717, 1.165) is 16.7 Å². The molecule has 0 saturated carbocycles. The molecule has 8 nitrogen and oxygen atoms in total. The van der Waals surface area contributed by atoms with Crippen molar-refractivity contribution >= 4 is 52.7 Å². The van der Waals surface area contributed by atoms with E-state index in [9.17, 15) is 19.5 Å². The lowest BCUT2D eigenvalue weighted by Gasteiger charge is -2.33. The number of aryl methyl sites for hydroxylation is 1. The molecular weight excluding hydrogens is 583 g/mol. The maximum absolute atomic E-state index is 13.8. The third kappa shape index (κ3) is 7.22. The summed E-state index contributed by atoms with van der Waals surface area (Å²) in [6.07, 6.45) is -0.137. The average Bonchev–Trinajstić information content (AvgIpc) is 3.28. The number of benzene rings is 2. The molecular formula is C30H32Cl2N4O4S. The van der Waals surface area contributed by atoms with Crippen LogP contribution in [0.2, 0.25) is 10.2 Å². The van der Waals surface area contributed by atoms with Crippen molar-refractivity contribution in [1.82, 2.24) is 20.5 Å². The number of hydrogen-bond acceptors (Lipinski definition) is 6. The first-order chi connectivity index (χ1) is 19.5. The lowest BCUT2D eigenvalue weighted by atomic mass is 9.97. The highest BCUT2D eigenvalue weighted by atomic mass is 35.5. The highest BCUT2D eigenvalue weighted by molar-refractivity contribution is 8.00. The second kappa shape index (κ2) is 13.2. The van der Waals surface area contributed by atoms with Crippen molar-refractivity contribution < 1.29 is 19.5 Å². The first kappa shape index (κ1) is 30.8. The van der Waals surface area contributed by atoms with Gasteiger partial charge in [0.2, 0.25) is 5.91 Å². The van der Waals surface area contributed by atoms with Gasteiger partial charge in [-0.1, -0.05) is 77.8 Å². The van der Waals surface area contributed by atoms with Gasteiger partial charge in [0.15, 0.2) is 6.10 Å². The van der Waals surface area contributed by atoms with Crippen LogP contribution in [0.25, 0.3) is 0 Å². The van der Waals surface area contributed by atoms with Crippen LogP contribution in [0.15, 0.2) is 66.9 Å². The summed E-state index contributed by atoms with van der Waals surface area (Å²) in [5.74, 6) is -1.37. The number of amides is 3. The third-order valence-electron chi connectivity index (χ3n) is 7.13. The summed E-state index contributed by atoms with van der Waals surface area (Å²) in [6.45, 7) is 6.08. The molecule has 1 aliphatic heterocycles. The topological polar surface area (TPSA) is 112 Å². The monoisotopic (exact) mass is 614 g/mol. The summed E-state index contributed by atoms with van der Waals surface area (Å²) < 4.78 is -0.606. The summed E-state index contributed by atoms with van der Waals surface area (Å²) in [5, 5.41) is 17.1. The van der Waals surface area contributed by atoms with Crippen LogP contribution in [-0.2, 0) is 22.6 Å². The van der Waals surface area contributed by atoms with Crippen molar-refractivity contribution in [1.29, 1.82) is 0 Å². The van der Waals surface area contributed by atoms with Crippen LogP contribution < -0.4 is 10.6 Å². The summed E-state index contributed by atoms with van der Waals surface area (Å²) >= 11 is 13.7. The van der Waals surface area contributed by atoms with Crippen LogP contribution in [-0.4, -0.2) is 61.5 Å². The van der Waals surface area contributed by atoms with E-state index in [-0.39, 0.29) is 33.9 Å². The summed E-state index contributed by atoms with van der Waals surface area (Å²) in [5.41, 5.74) is 2.89. The largest absolute Gasteiger partial charge is 0.381 e. The van der Waals surface area contributed by atoms with Crippen LogP contribution in [0.4, 0.5) is 0 Å². The molecule has 216 valence electrons. The molecule has 0 aliphatic carbocycles. The Morgan fingerprint density at radius 3 is 2.49 bits per heavy atom. The van der Waals surface area contributed by atoms with E-state index < -0.39 is 34.7 Å². The minimum Gasteiger partial charge on any atom is -0.381 e. The van der Waals surface area contributed by atoms with Gasteiger partial charge in [-0.2, -0.15) is 0 Å². The Morgan fingerprint density at radius 2 is 1.78 bits per heavy atom. The van der Waals surface area contributed by atoms with E-state index >= 15 is 0 Å². The third-order valence-corrected chi connectivity index (χ3v) is 9.27. The smallest absolute Gasteiger partial charge is 0.254 e. The molecule has 4 rings (SSSR count). The fourth-order valence-corrected chi connectivity index (χ4v) is 6.29. The van der Waals surface area contributed by atoms with Gasteiger partial charge in [-0.15, -0.1) is 11.8 Å². The van der Waals surface area contributed by atoms with E-state index in [0.29, 0.717) is 6.54 Å². The molecule has 1 aromatic heterocycles. The molecule has 0 radical (unpaired) electrons. The molecule has 0 bridgehead atoms. The number of carbonyl (C=O) groups excluding carboxylic acids is 3. The Hall–Kier alpha value is -3.11. The van der Waals surface area contributed by atoms with Crippen molar-refractivity contribution in [2.24, 2.45) is 0 Å². The Labute approximate surface area is 253 Å². The first-order valence-electron chi connectivity index (χ1n) is 13.1. The van der Waals surface area contributed by atoms with Crippen LogP contribution >= 0.6 is 35.0 Å². The number of aliphatic hydroxyl groups is 1. The van der Waals surface area contributed by atoms with Crippen molar-refractivity contribution in [2.45, 2.75) is 56.7 Å². The average molecular weight is 616 g/mol. The van der Waals surface area contributed by atoms with Crippen LogP contribution in [0.5, 0.6) is 0 Å². The summed E-state index contributed by atoms with van der Waals surface area (Å²) in [6, 6.07) is 16.5. The summed E-state index contributed by atoms with van der Waals surface area (Å²) in [4.78, 5) is 45.8. The van der Waals surface area contributed by atoms with Crippen LogP contribution in [0.1, 0.15) is 40.9 Å². The lowest BCUT2D eigenvalue weighted by molar-refractivity contribution is -0.147. The number of rotatable bonds is 9. The zero-order chi connectivity index (χ0) is 29.7. The van der Waals surface area contributed by atoms with E-state index in [1.165, 1.54) is 28.9 Å². The van der Waals surface area contributed by atoms with Gasteiger partial charge >= 0.3 is 0 Å². The van der Waals surface area contributed by atoms with Gasteiger partial charge in [0.25, 0.3) is 11.8 Å². The highest BCUT2D eigenvalue weighted by Crippen LogP contribution is 2.40. The Kier molecular flexibility index (Phi) is 9.96. The fraction of sp³-hybridized carbons (Fsp3) is 0.333. The molecule has 11 heteroatoms. The second-order valence-electron chi connectivity index (χ2n) is 10.4. The molecule has 41 heavy (non-hydrogen) atoms. The van der Waals surface area contributed by atoms with E-state index in [1.807, 2.05) is 75.4 Å². The van der Waals surface area contributed by atoms with E-state index in [1.54, 1.807) is 0 Å². The minimum absolute atomic E-state index is 0.0333. The molecule has 3 atom stereocenters. The molecule has 1 aliphatic rings. The normalized spacial score (nSPS) is 17.5. The number of nitrogens with one attached hydrogen (secondary N) is 2. The number of carbonyl (C=O) groups is 3. The number of aliphatic hydroxyl groups excluding tert-OH is 1. The van der Waals surface area contributed by atoms with Gasteiger partial charge in [0, 0.05) is 17.5 Å². The van der Waals surface area contributed by atoms with Gasteiger partial charge in [0.05, 0.1) is 22.5 Å². The van der Waals surface area contributed by atoms with Crippen molar-refractivity contribution in [2.75, 3.05) is 5.88 Å². The maximum atomic E-state index is 13.8.